The van der Waals surface area contributed by atoms with Crippen molar-refractivity contribution < 1.29 is 35.1 Å². The highest BCUT2D eigenvalue weighted by Gasteiger charge is 2.59. The lowest BCUT2D eigenvalue weighted by Gasteiger charge is -2.27. The Labute approximate surface area is 80.3 Å². The lowest BCUT2D eigenvalue weighted by molar-refractivity contribution is -0.247. The van der Waals surface area contributed by atoms with Crippen molar-refractivity contribution in [3.63, 3.8) is 0 Å². The first-order valence-corrected chi connectivity index (χ1v) is 3.70. The van der Waals surface area contributed by atoms with Crippen LogP contribution in [0.15, 0.2) is 0 Å². The molecule has 0 aromatic carbocycles. The smallest absolute Gasteiger partial charge is 0.237 e. The van der Waals surface area contributed by atoms with Crippen molar-refractivity contribution >= 4 is 0 Å². The molecule has 0 heterocycles. The normalized spacial score (nSPS) is 16.6. The molecule has 1 radical (unpaired) electrons. The van der Waals surface area contributed by atoms with E-state index in [-0.39, 0.29) is 0 Å². The molecule has 0 saturated carbocycles. The van der Waals surface area contributed by atoms with Crippen LogP contribution in [0.3, 0.4) is 0 Å². The van der Waals surface area contributed by atoms with Gasteiger partial charge in [0, 0.05) is 6.42 Å². The Bertz CT molecular complexity index is 206. The minimum absolute atomic E-state index is 1.61. The number of hydrogen-bond acceptors (Lipinski definition) is 0. The van der Waals surface area contributed by atoms with Gasteiger partial charge in [-0.15, -0.1) is 0 Å². The van der Waals surface area contributed by atoms with Gasteiger partial charge in [0.1, 0.15) is 0 Å². The first-order valence-electron chi connectivity index (χ1n) is 3.70. The zero-order valence-corrected chi connectivity index (χ0v) is 7.22. The molecule has 0 aliphatic heterocycles. The fraction of sp³-hybridized carbons (Fsp3) is 0.857. The Kier molecular flexibility index (Phi) is 3.98. The lowest BCUT2D eigenvalue weighted by atomic mass is 10.0. The van der Waals surface area contributed by atoms with E-state index < -0.39 is 37.0 Å². The van der Waals surface area contributed by atoms with Gasteiger partial charge >= 0.3 is 18.0 Å². The maximum Gasteiger partial charge on any atom is 0.419 e. The van der Waals surface area contributed by atoms with Crippen LogP contribution in [0.1, 0.15) is 12.8 Å². The highest BCUT2D eigenvalue weighted by atomic mass is 19.4. The zero-order valence-electron chi connectivity index (χ0n) is 7.22. The molecule has 0 unspecified atom stereocenters. The Morgan fingerprint density at radius 2 is 1.27 bits per heavy atom. The number of rotatable bonds is 4. The second-order valence-electron chi connectivity index (χ2n) is 2.87. The van der Waals surface area contributed by atoms with E-state index >= 15 is 0 Å². The second kappa shape index (κ2) is 4.13. The summed E-state index contributed by atoms with van der Waals surface area (Å²) in [5.74, 6) is -9.81. The molecule has 0 bridgehead atoms. The van der Waals surface area contributed by atoms with Crippen molar-refractivity contribution in [1.29, 1.82) is 0 Å². The standard InChI is InChI=1S/C7H7F8/c1-2-5(9,10)6(11,12)3-4(8)7(13,14)15/h4H,1-3H2/t4-/m0/s1. The quantitative estimate of drug-likeness (QED) is 0.659. The zero-order chi connectivity index (χ0) is 12.5. The summed E-state index contributed by atoms with van der Waals surface area (Å²) < 4.78 is 96.2. The Hall–Kier alpha value is -0.560. The topological polar surface area (TPSA) is 0 Å². The van der Waals surface area contributed by atoms with Crippen LogP contribution in [-0.2, 0) is 0 Å². The van der Waals surface area contributed by atoms with Crippen LogP contribution in [0.5, 0.6) is 0 Å². The molecule has 0 spiro atoms. The highest BCUT2D eigenvalue weighted by Crippen LogP contribution is 2.42. The molecular formula is C7H7F8. The second-order valence-corrected chi connectivity index (χ2v) is 2.87. The Balaban J connectivity index is 4.65. The number of halogens is 8. The van der Waals surface area contributed by atoms with E-state index in [0.717, 1.165) is 0 Å². The third-order valence-electron chi connectivity index (χ3n) is 1.64. The molecule has 0 amide bonds. The lowest BCUT2D eigenvalue weighted by Crippen LogP contribution is -2.44. The van der Waals surface area contributed by atoms with Crippen molar-refractivity contribution in [2.45, 2.75) is 37.0 Å². The van der Waals surface area contributed by atoms with Gasteiger partial charge in [0.2, 0.25) is 6.17 Å². The third-order valence-corrected chi connectivity index (χ3v) is 1.64. The van der Waals surface area contributed by atoms with E-state index in [1.165, 1.54) is 0 Å². The van der Waals surface area contributed by atoms with Crippen molar-refractivity contribution in [1.82, 2.24) is 0 Å². The summed E-state index contributed by atoms with van der Waals surface area (Å²) in [7, 11) is 0. The molecule has 0 aromatic heterocycles. The maximum absolute atomic E-state index is 12.5. The molecule has 91 valence electrons. The van der Waals surface area contributed by atoms with E-state index in [9.17, 15) is 35.1 Å². The van der Waals surface area contributed by atoms with Crippen LogP contribution < -0.4 is 0 Å². The van der Waals surface area contributed by atoms with E-state index in [1.54, 1.807) is 0 Å². The molecule has 0 saturated heterocycles. The van der Waals surface area contributed by atoms with Gasteiger partial charge < -0.3 is 0 Å². The summed E-state index contributed by atoms with van der Waals surface area (Å²) in [5, 5.41) is 0. The van der Waals surface area contributed by atoms with Gasteiger partial charge in [-0.25, -0.2) is 4.39 Å². The summed E-state index contributed by atoms with van der Waals surface area (Å²) in [5.41, 5.74) is 0. The van der Waals surface area contributed by atoms with Crippen molar-refractivity contribution in [2.75, 3.05) is 0 Å². The van der Waals surface area contributed by atoms with Gasteiger partial charge in [0.15, 0.2) is 0 Å². The molecule has 8 heteroatoms. The monoisotopic (exact) mass is 243 g/mol. The molecule has 0 fully saturated rings. The van der Waals surface area contributed by atoms with Crippen LogP contribution in [0.25, 0.3) is 0 Å². The number of alkyl halides is 8. The summed E-state index contributed by atoms with van der Waals surface area (Å²) in [6.07, 6.45) is -13.8. The molecule has 0 N–H and O–H groups in total. The summed E-state index contributed by atoms with van der Waals surface area (Å²) in [6, 6.07) is 0. The van der Waals surface area contributed by atoms with Crippen LogP contribution in [-0.4, -0.2) is 24.2 Å². The predicted molar refractivity (Wildman–Crippen MR) is 35.4 cm³/mol. The van der Waals surface area contributed by atoms with E-state index in [4.69, 9.17) is 0 Å². The Morgan fingerprint density at radius 1 is 0.867 bits per heavy atom. The fourth-order valence-corrected chi connectivity index (χ4v) is 0.673. The van der Waals surface area contributed by atoms with E-state index in [2.05, 4.69) is 6.92 Å². The molecule has 0 aliphatic carbocycles. The SMILES string of the molecule is [CH2]CC(F)(F)C(F)(F)C[C@H](F)C(F)(F)F. The van der Waals surface area contributed by atoms with Gasteiger partial charge in [-0.1, -0.05) is 0 Å². The minimum Gasteiger partial charge on any atom is -0.237 e. The highest BCUT2D eigenvalue weighted by molar-refractivity contribution is 4.89. The van der Waals surface area contributed by atoms with Gasteiger partial charge in [-0.3, -0.25) is 0 Å². The molecule has 0 rings (SSSR count). The van der Waals surface area contributed by atoms with Crippen LogP contribution in [0.2, 0.25) is 0 Å². The first-order chi connectivity index (χ1) is 6.44. The molecule has 15 heavy (non-hydrogen) atoms. The van der Waals surface area contributed by atoms with Crippen molar-refractivity contribution in [3.05, 3.63) is 6.92 Å². The first kappa shape index (κ1) is 14.4. The van der Waals surface area contributed by atoms with Crippen molar-refractivity contribution in [3.8, 4) is 0 Å². The average molecular weight is 243 g/mol. The molecular weight excluding hydrogens is 236 g/mol. The van der Waals surface area contributed by atoms with Gasteiger partial charge in [0.05, 0.1) is 6.42 Å². The summed E-state index contributed by atoms with van der Waals surface area (Å²) in [4.78, 5) is 0. The largest absolute Gasteiger partial charge is 0.419 e. The van der Waals surface area contributed by atoms with E-state index in [0.29, 0.717) is 0 Å². The summed E-state index contributed by atoms with van der Waals surface area (Å²) in [6.45, 7) is 2.46. The van der Waals surface area contributed by atoms with Gasteiger partial charge in [-0.2, -0.15) is 30.7 Å². The number of hydrogen-bond donors (Lipinski definition) is 0. The van der Waals surface area contributed by atoms with Crippen LogP contribution in [0, 0.1) is 6.92 Å². The van der Waals surface area contributed by atoms with Crippen molar-refractivity contribution in [2.24, 2.45) is 0 Å². The Morgan fingerprint density at radius 3 is 1.53 bits per heavy atom. The maximum atomic E-state index is 12.5. The third kappa shape index (κ3) is 3.49. The molecule has 1 atom stereocenters. The fourth-order valence-electron chi connectivity index (χ4n) is 0.673. The van der Waals surface area contributed by atoms with Gasteiger partial charge in [-0.05, 0) is 6.92 Å². The summed E-state index contributed by atoms with van der Waals surface area (Å²) >= 11 is 0. The van der Waals surface area contributed by atoms with E-state index in [1.807, 2.05) is 0 Å². The molecule has 0 aliphatic rings. The molecule has 0 nitrogen and oxygen atoms in total. The molecule has 0 aromatic rings. The van der Waals surface area contributed by atoms with Crippen LogP contribution >= 0.6 is 0 Å². The average Bonchev–Trinajstić information content (AvgIpc) is 2.01. The minimum atomic E-state index is -5.57. The van der Waals surface area contributed by atoms with Crippen LogP contribution in [0.4, 0.5) is 35.1 Å². The van der Waals surface area contributed by atoms with Gasteiger partial charge in [0.25, 0.3) is 0 Å². The predicted octanol–water partition coefficient (Wildman–Crippen LogP) is 3.77.